The van der Waals surface area contributed by atoms with Crippen LogP contribution in [0, 0.1) is 11.3 Å². The molecule has 1 aliphatic rings. The van der Waals surface area contributed by atoms with Crippen LogP contribution in [0.25, 0.3) is 0 Å². The van der Waals surface area contributed by atoms with Gasteiger partial charge in [-0.1, -0.05) is 34.1 Å². The van der Waals surface area contributed by atoms with E-state index < -0.39 is 0 Å². The minimum absolute atomic E-state index is 0.127. The number of likely N-dealkylation sites (tertiary alicyclic amines) is 1. The lowest BCUT2D eigenvalue weighted by Gasteiger charge is -2.36. The Hall–Kier alpha value is -0.570. The lowest BCUT2D eigenvalue weighted by molar-refractivity contribution is -0.136. The first-order chi connectivity index (χ1) is 7.36. The van der Waals surface area contributed by atoms with Gasteiger partial charge in [-0.15, -0.1) is 0 Å². The largest absolute Gasteiger partial charge is 0.341 e. The van der Waals surface area contributed by atoms with E-state index in [0.29, 0.717) is 0 Å². The molecule has 0 bridgehead atoms. The number of rotatable bonds is 2. The van der Waals surface area contributed by atoms with Crippen molar-refractivity contribution in [2.75, 3.05) is 13.1 Å². The molecule has 1 heterocycles. The molecule has 1 aliphatic heterocycles. The van der Waals surface area contributed by atoms with Crippen molar-refractivity contribution in [2.24, 2.45) is 17.1 Å². The van der Waals surface area contributed by atoms with Crippen LogP contribution in [0.1, 0.15) is 47.0 Å². The van der Waals surface area contributed by atoms with Gasteiger partial charge < -0.3 is 10.6 Å². The van der Waals surface area contributed by atoms with Gasteiger partial charge in [-0.3, -0.25) is 4.79 Å². The maximum atomic E-state index is 12.1. The van der Waals surface area contributed by atoms with E-state index in [-0.39, 0.29) is 17.4 Å². The Kier molecular flexibility index (Phi) is 4.36. The summed E-state index contributed by atoms with van der Waals surface area (Å²) in [7, 11) is 0. The Balaban J connectivity index is 2.51. The van der Waals surface area contributed by atoms with Gasteiger partial charge in [-0.2, -0.15) is 0 Å². The van der Waals surface area contributed by atoms with Crippen LogP contribution in [0.5, 0.6) is 0 Å². The molecular weight excluding hydrogens is 200 g/mol. The van der Waals surface area contributed by atoms with Gasteiger partial charge >= 0.3 is 0 Å². The van der Waals surface area contributed by atoms with Crippen LogP contribution in [0.3, 0.4) is 0 Å². The Morgan fingerprint density at radius 1 is 1.38 bits per heavy atom. The summed E-state index contributed by atoms with van der Waals surface area (Å²) in [6, 6.07) is -0.370. The van der Waals surface area contributed by atoms with Gasteiger partial charge in [0.25, 0.3) is 0 Å². The third kappa shape index (κ3) is 3.21. The van der Waals surface area contributed by atoms with Crippen molar-refractivity contribution in [2.45, 2.75) is 53.0 Å². The number of carbonyl (C=O) groups excluding carboxylic acids is 1. The Bertz CT molecular complexity index is 237. The average molecular weight is 226 g/mol. The summed E-state index contributed by atoms with van der Waals surface area (Å²) >= 11 is 0. The monoisotopic (exact) mass is 226 g/mol. The molecule has 0 aliphatic carbocycles. The molecule has 1 saturated heterocycles. The van der Waals surface area contributed by atoms with Crippen LogP contribution in [-0.2, 0) is 4.79 Å². The highest BCUT2D eigenvalue weighted by atomic mass is 16.2. The second kappa shape index (κ2) is 5.17. The highest BCUT2D eigenvalue weighted by Gasteiger charge is 2.32. The zero-order valence-electron chi connectivity index (χ0n) is 11.1. The number of carbonyl (C=O) groups is 1. The zero-order valence-corrected chi connectivity index (χ0v) is 11.1. The molecule has 0 unspecified atom stereocenters. The summed E-state index contributed by atoms with van der Waals surface area (Å²) in [4.78, 5) is 14.1. The van der Waals surface area contributed by atoms with E-state index in [1.165, 1.54) is 6.42 Å². The minimum atomic E-state index is -0.370. The fourth-order valence-electron chi connectivity index (χ4n) is 2.13. The summed E-state index contributed by atoms with van der Waals surface area (Å²) in [6.07, 6.45) is 3.51. The highest BCUT2D eigenvalue weighted by Crippen LogP contribution is 2.23. The van der Waals surface area contributed by atoms with Crippen molar-refractivity contribution >= 4 is 5.91 Å². The number of hydrogen-bond donors (Lipinski definition) is 1. The molecule has 1 amide bonds. The molecule has 1 atom stereocenters. The fourth-order valence-corrected chi connectivity index (χ4v) is 2.13. The summed E-state index contributed by atoms with van der Waals surface area (Å²) in [5, 5.41) is 0. The molecule has 0 aromatic rings. The summed E-state index contributed by atoms with van der Waals surface area (Å²) < 4.78 is 0. The van der Waals surface area contributed by atoms with Crippen LogP contribution in [-0.4, -0.2) is 29.9 Å². The second-order valence-electron chi connectivity index (χ2n) is 6.02. The molecule has 0 spiro atoms. The first kappa shape index (κ1) is 13.5. The van der Waals surface area contributed by atoms with Gasteiger partial charge in [0.15, 0.2) is 0 Å². The van der Waals surface area contributed by atoms with Crippen LogP contribution in [0.2, 0.25) is 0 Å². The number of amides is 1. The van der Waals surface area contributed by atoms with Crippen molar-refractivity contribution in [3.05, 3.63) is 0 Å². The van der Waals surface area contributed by atoms with Gasteiger partial charge in [0.2, 0.25) is 5.91 Å². The highest BCUT2D eigenvalue weighted by molar-refractivity contribution is 5.82. The Morgan fingerprint density at radius 3 is 2.25 bits per heavy atom. The number of nitrogens with two attached hydrogens (primary N) is 1. The molecule has 16 heavy (non-hydrogen) atoms. The van der Waals surface area contributed by atoms with Crippen LogP contribution >= 0.6 is 0 Å². The summed E-state index contributed by atoms with van der Waals surface area (Å²) in [5.41, 5.74) is 5.86. The molecule has 1 fully saturated rings. The molecule has 0 aromatic carbocycles. The summed E-state index contributed by atoms with van der Waals surface area (Å²) in [6.45, 7) is 10.1. The molecule has 1 rings (SSSR count). The van der Waals surface area contributed by atoms with Crippen LogP contribution in [0.4, 0.5) is 0 Å². The predicted molar refractivity (Wildman–Crippen MR) is 67.0 cm³/mol. The maximum absolute atomic E-state index is 12.1. The van der Waals surface area contributed by atoms with Gasteiger partial charge in [0.1, 0.15) is 0 Å². The van der Waals surface area contributed by atoms with Crippen LogP contribution < -0.4 is 5.73 Å². The van der Waals surface area contributed by atoms with E-state index in [1.54, 1.807) is 0 Å². The molecular formula is C13H26N2O. The first-order valence-electron chi connectivity index (χ1n) is 6.40. The SMILES string of the molecule is CCC1CCN(C(=O)[C@H](N)C(C)(C)C)CC1. The third-order valence-electron chi connectivity index (χ3n) is 3.70. The van der Waals surface area contributed by atoms with Gasteiger partial charge in [-0.25, -0.2) is 0 Å². The third-order valence-corrected chi connectivity index (χ3v) is 3.70. The number of piperidine rings is 1. The van der Waals surface area contributed by atoms with Gasteiger partial charge in [0, 0.05) is 13.1 Å². The second-order valence-corrected chi connectivity index (χ2v) is 6.02. The van der Waals surface area contributed by atoms with Crippen molar-refractivity contribution in [1.29, 1.82) is 0 Å². The average Bonchev–Trinajstić information content (AvgIpc) is 2.26. The Labute approximate surface area is 99.4 Å². The van der Waals surface area contributed by atoms with E-state index in [9.17, 15) is 4.79 Å². The maximum Gasteiger partial charge on any atom is 0.240 e. The quantitative estimate of drug-likeness (QED) is 0.783. The van der Waals surface area contributed by atoms with Crippen molar-refractivity contribution < 1.29 is 4.79 Å². The molecule has 3 heteroatoms. The molecule has 0 radical (unpaired) electrons. The first-order valence-corrected chi connectivity index (χ1v) is 6.40. The minimum Gasteiger partial charge on any atom is -0.341 e. The number of nitrogens with zero attached hydrogens (tertiary/aromatic N) is 1. The van der Waals surface area contributed by atoms with Crippen molar-refractivity contribution in [1.82, 2.24) is 4.90 Å². The molecule has 94 valence electrons. The van der Waals surface area contributed by atoms with E-state index in [4.69, 9.17) is 5.73 Å². The fraction of sp³-hybridized carbons (Fsp3) is 0.923. The normalized spacial score (nSPS) is 20.9. The van der Waals surface area contributed by atoms with E-state index >= 15 is 0 Å². The smallest absolute Gasteiger partial charge is 0.240 e. The summed E-state index contributed by atoms with van der Waals surface area (Å²) in [5.74, 6) is 0.928. The van der Waals surface area contributed by atoms with E-state index in [1.807, 2.05) is 25.7 Å². The molecule has 0 saturated carbocycles. The zero-order chi connectivity index (χ0) is 12.3. The molecule has 0 aromatic heterocycles. The van der Waals surface area contributed by atoms with E-state index in [0.717, 1.165) is 31.8 Å². The standard InChI is InChI=1S/C13H26N2O/c1-5-10-6-8-15(9-7-10)12(16)11(14)13(2,3)4/h10-11H,5-9,14H2,1-4H3/t11-/m0/s1. The van der Waals surface area contributed by atoms with Gasteiger partial charge in [-0.05, 0) is 24.2 Å². The van der Waals surface area contributed by atoms with Crippen molar-refractivity contribution in [3.8, 4) is 0 Å². The lowest BCUT2D eigenvalue weighted by Crippen LogP contribution is -2.52. The molecule has 2 N–H and O–H groups in total. The van der Waals surface area contributed by atoms with Gasteiger partial charge in [0.05, 0.1) is 6.04 Å². The van der Waals surface area contributed by atoms with Crippen LogP contribution in [0.15, 0.2) is 0 Å². The number of hydrogen-bond acceptors (Lipinski definition) is 2. The van der Waals surface area contributed by atoms with Crippen molar-refractivity contribution in [3.63, 3.8) is 0 Å². The lowest BCUT2D eigenvalue weighted by atomic mass is 9.85. The topological polar surface area (TPSA) is 46.3 Å². The van der Waals surface area contributed by atoms with E-state index in [2.05, 4.69) is 6.92 Å². The Morgan fingerprint density at radius 2 is 1.88 bits per heavy atom. The molecule has 3 nitrogen and oxygen atoms in total. The predicted octanol–water partition coefficient (Wildman–Crippen LogP) is 2.01.